The second kappa shape index (κ2) is 7.20. The zero-order valence-corrected chi connectivity index (χ0v) is 15.8. The van der Waals surface area contributed by atoms with Crippen molar-refractivity contribution in [2.45, 2.75) is 6.54 Å². The maximum atomic E-state index is 12.6. The van der Waals surface area contributed by atoms with E-state index in [4.69, 9.17) is 5.73 Å². The van der Waals surface area contributed by atoms with E-state index in [1.54, 1.807) is 12.1 Å². The molecule has 0 unspecified atom stereocenters. The van der Waals surface area contributed by atoms with E-state index in [0.29, 0.717) is 29.4 Å². The number of hydrogen-bond acceptors (Lipinski definition) is 4. The Hall–Kier alpha value is -3.19. The lowest BCUT2D eigenvalue weighted by Gasteiger charge is -2.08. The van der Waals surface area contributed by atoms with Crippen molar-refractivity contribution in [1.82, 2.24) is 19.9 Å². The fourth-order valence-corrected chi connectivity index (χ4v) is 3.19. The predicted octanol–water partition coefficient (Wildman–Crippen LogP) is 3.67. The fourth-order valence-electron chi connectivity index (χ4n) is 2.77. The zero-order chi connectivity index (χ0) is 18.8. The number of aromatic nitrogens is 3. The average molecular weight is 422 g/mol. The molecule has 1 amide bonds. The number of pyridine rings is 1. The predicted molar refractivity (Wildman–Crippen MR) is 108 cm³/mol. The first kappa shape index (κ1) is 17.2. The number of carbonyl (C=O) groups is 1. The van der Waals surface area contributed by atoms with E-state index >= 15 is 0 Å². The number of benzene rings is 2. The van der Waals surface area contributed by atoms with Crippen LogP contribution in [0.25, 0.3) is 17.0 Å². The van der Waals surface area contributed by atoms with Crippen LogP contribution in [0.2, 0.25) is 0 Å². The molecule has 0 atom stereocenters. The van der Waals surface area contributed by atoms with E-state index in [1.165, 1.54) is 4.52 Å². The zero-order valence-electron chi connectivity index (χ0n) is 14.3. The highest BCUT2D eigenvalue weighted by atomic mass is 79.9. The van der Waals surface area contributed by atoms with Crippen molar-refractivity contribution in [3.63, 3.8) is 0 Å². The first-order valence-electron chi connectivity index (χ1n) is 8.35. The Labute approximate surface area is 164 Å². The molecule has 2 aromatic heterocycles. The first-order valence-corrected chi connectivity index (χ1v) is 9.14. The van der Waals surface area contributed by atoms with Gasteiger partial charge < -0.3 is 11.1 Å². The molecule has 0 aliphatic heterocycles. The van der Waals surface area contributed by atoms with Gasteiger partial charge in [0.05, 0.1) is 0 Å². The third-order valence-electron chi connectivity index (χ3n) is 4.16. The Bertz CT molecular complexity index is 1120. The number of carbonyl (C=O) groups excluding carboxylic acids is 1. The highest BCUT2D eigenvalue weighted by Crippen LogP contribution is 2.19. The van der Waals surface area contributed by atoms with Gasteiger partial charge in [-0.05, 0) is 23.8 Å². The van der Waals surface area contributed by atoms with E-state index in [2.05, 4.69) is 31.3 Å². The van der Waals surface area contributed by atoms with Gasteiger partial charge in [-0.1, -0.05) is 64.5 Å². The molecule has 134 valence electrons. The summed E-state index contributed by atoms with van der Waals surface area (Å²) in [5, 5.41) is 7.34. The molecular formula is C20H16BrN5O. The topological polar surface area (TPSA) is 85.3 Å². The van der Waals surface area contributed by atoms with Crippen molar-refractivity contribution in [3.8, 4) is 11.4 Å². The molecule has 0 spiro atoms. The largest absolute Gasteiger partial charge is 0.384 e. The van der Waals surface area contributed by atoms with Crippen molar-refractivity contribution in [1.29, 1.82) is 0 Å². The third kappa shape index (κ3) is 3.54. The molecule has 3 N–H and O–H groups in total. The quantitative estimate of drug-likeness (QED) is 0.526. The van der Waals surface area contributed by atoms with Crippen LogP contribution in [-0.2, 0) is 6.54 Å². The van der Waals surface area contributed by atoms with E-state index in [9.17, 15) is 4.79 Å². The second-order valence-electron chi connectivity index (χ2n) is 6.01. The molecule has 0 aliphatic carbocycles. The molecular weight excluding hydrogens is 406 g/mol. The monoisotopic (exact) mass is 421 g/mol. The van der Waals surface area contributed by atoms with E-state index in [-0.39, 0.29) is 5.91 Å². The normalized spacial score (nSPS) is 10.9. The Morgan fingerprint density at radius 1 is 1.07 bits per heavy atom. The van der Waals surface area contributed by atoms with Gasteiger partial charge in [0.15, 0.2) is 11.5 Å². The van der Waals surface area contributed by atoms with Crippen LogP contribution in [0.5, 0.6) is 0 Å². The van der Waals surface area contributed by atoms with Crippen LogP contribution in [0.4, 0.5) is 5.82 Å². The number of fused-ring (bicyclic) bond motifs is 1. The summed E-state index contributed by atoms with van der Waals surface area (Å²) < 4.78 is 2.48. The molecule has 0 aliphatic rings. The molecule has 0 fully saturated rings. The van der Waals surface area contributed by atoms with Gasteiger partial charge in [-0.2, -0.15) is 4.52 Å². The lowest BCUT2D eigenvalue weighted by atomic mass is 10.2. The number of amides is 1. The minimum Gasteiger partial charge on any atom is -0.384 e. The van der Waals surface area contributed by atoms with Crippen molar-refractivity contribution in [2.75, 3.05) is 5.73 Å². The molecule has 0 saturated heterocycles. The Kier molecular flexibility index (Phi) is 4.60. The van der Waals surface area contributed by atoms with E-state index in [1.807, 2.05) is 54.6 Å². The highest BCUT2D eigenvalue weighted by Gasteiger charge is 2.13. The molecule has 0 bridgehead atoms. The summed E-state index contributed by atoms with van der Waals surface area (Å²) in [4.78, 5) is 17.1. The van der Waals surface area contributed by atoms with Crippen LogP contribution >= 0.6 is 15.9 Å². The van der Waals surface area contributed by atoms with Crippen LogP contribution < -0.4 is 11.1 Å². The number of hydrogen-bond donors (Lipinski definition) is 2. The van der Waals surface area contributed by atoms with Gasteiger partial charge in [0.2, 0.25) is 0 Å². The van der Waals surface area contributed by atoms with Gasteiger partial charge in [-0.25, -0.2) is 4.98 Å². The third-order valence-corrected chi connectivity index (χ3v) is 4.93. The minimum absolute atomic E-state index is 0.218. The van der Waals surface area contributed by atoms with Crippen LogP contribution in [0.15, 0.2) is 71.2 Å². The van der Waals surface area contributed by atoms with Crippen molar-refractivity contribution < 1.29 is 4.79 Å². The summed E-state index contributed by atoms with van der Waals surface area (Å²) in [6, 6.07) is 20.7. The molecule has 7 heteroatoms. The Morgan fingerprint density at radius 3 is 2.59 bits per heavy atom. The number of nitrogens with two attached hydrogens (primary N) is 1. The average Bonchev–Trinajstić information content (AvgIpc) is 3.13. The lowest BCUT2D eigenvalue weighted by molar-refractivity contribution is 0.0951. The van der Waals surface area contributed by atoms with Crippen molar-refractivity contribution >= 4 is 33.3 Å². The number of nitrogens with zero attached hydrogens (tertiary/aromatic N) is 3. The molecule has 2 heterocycles. The summed E-state index contributed by atoms with van der Waals surface area (Å²) in [5.74, 6) is 0.700. The van der Waals surface area contributed by atoms with Gasteiger partial charge in [0, 0.05) is 22.1 Å². The van der Waals surface area contributed by atoms with Gasteiger partial charge >= 0.3 is 0 Å². The Balaban J connectivity index is 1.60. The smallest absolute Gasteiger partial charge is 0.251 e. The van der Waals surface area contributed by atoms with Crippen molar-refractivity contribution in [3.05, 3.63) is 82.3 Å². The molecule has 6 nitrogen and oxygen atoms in total. The summed E-state index contributed by atoms with van der Waals surface area (Å²) >= 11 is 3.48. The van der Waals surface area contributed by atoms with Gasteiger partial charge in [-0.3, -0.25) is 4.79 Å². The summed E-state index contributed by atoms with van der Waals surface area (Å²) in [6.07, 6.45) is 0. The molecule has 0 radical (unpaired) electrons. The number of rotatable bonds is 4. The van der Waals surface area contributed by atoms with Crippen LogP contribution in [0.3, 0.4) is 0 Å². The highest BCUT2D eigenvalue weighted by molar-refractivity contribution is 9.10. The molecule has 2 aromatic carbocycles. The second-order valence-corrected chi connectivity index (χ2v) is 6.87. The first-order chi connectivity index (χ1) is 13.1. The fraction of sp³-hybridized carbons (Fsp3) is 0.0500. The number of nitrogens with one attached hydrogen (secondary N) is 1. The number of halogens is 1. The maximum Gasteiger partial charge on any atom is 0.251 e. The molecule has 4 aromatic rings. The number of anilines is 1. The molecule has 27 heavy (non-hydrogen) atoms. The molecule has 0 saturated carbocycles. The summed E-state index contributed by atoms with van der Waals surface area (Å²) in [6.45, 7) is 0.410. The minimum atomic E-state index is -0.218. The lowest BCUT2D eigenvalue weighted by Crippen LogP contribution is -2.23. The maximum absolute atomic E-state index is 12.6. The van der Waals surface area contributed by atoms with Gasteiger partial charge in [-0.15, -0.1) is 5.10 Å². The van der Waals surface area contributed by atoms with Gasteiger partial charge in [0.25, 0.3) is 5.91 Å². The van der Waals surface area contributed by atoms with E-state index < -0.39 is 0 Å². The summed E-state index contributed by atoms with van der Waals surface area (Å²) in [7, 11) is 0. The Morgan fingerprint density at radius 2 is 1.81 bits per heavy atom. The molecule has 4 rings (SSSR count). The summed E-state index contributed by atoms with van der Waals surface area (Å²) in [5.41, 5.74) is 8.95. The standard InChI is InChI=1S/C20H16BrN5O/c21-16-9-5-4-8-14(16)12-23-20(27)15-10-17(22)26-18(11-15)24-19(25-26)13-6-2-1-3-7-13/h1-11H,12,22H2,(H,23,27). The van der Waals surface area contributed by atoms with E-state index in [0.717, 1.165) is 15.6 Å². The number of nitrogen functional groups attached to an aromatic ring is 1. The van der Waals surface area contributed by atoms with Gasteiger partial charge in [0.1, 0.15) is 5.82 Å². The van der Waals surface area contributed by atoms with Crippen LogP contribution in [0.1, 0.15) is 15.9 Å². The van der Waals surface area contributed by atoms with Crippen LogP contribution in [0, 0.1) is 0 Å². The SMILES string of the molecule is Nc1cc(C(=O)NCc2ccccc2Br)cc2nc(-c3ccccc3)nn12. The van der Waals surface area contributed by atoms with Crippen molar-refractivity contribution in [2.24, 2.45) is 0 Å². The van der Waals surface area contributed by atoms with Crippen LogP contribution in [-0.4, -0.2) is 20.5 Å².